The van der Waals surface area contributed by atoms with E-state index in [0.29, 0.717) is 18.4 Å². The van der Waals surface area contributed by atoms with Gasteiger partial charge in [-0.05, 0) is 23.6 Å². The maximum absolute atomic E-state index is 12.8. The summed E-state index contributed by atoms with van der Waals surface area (Å²) < 4.78 is 5.43. The number of thiophene rings is 1. The van der Waals surface area contributed by atoms with Crippen LogP contribution in [-0.4, -0.2) is 72.6 Å². The van der Waals surface area contributed by atoms with E-state index in [1.54, 1.807) is 11.3 Å². The van der Waals surface area contributed by atoms with Crippen LogP contribution in [0.3, 0.4) is 0 Å². The van der Waals surface area contributed by atoms with Gasteiger partial charge in [-0.3, -0.25) is 9.69 Å². The van der Waals surface area contributed by atoms with E-state index in [2.05, 4.69) is 15.9 Å². The van der Waals surface area contributed by atoms with E-state index in [4.69, 9.17) is 4.74 Å². The molecule has 3 rings (SSSR count). The minimum absolute atomic E-state index is 0.295. The fourth-order valence-electron chi connectivity index (χ4n) is 3.05. The van der Waals surface area contributed by atoms with Crippen molar-refractivity contribution in [3.8, 4) is 0 Å². The van der Waals surface area contributed by atoms with Crippen molar-refractivity contribution in [2.75, 3.05) is 50.9 Å². The highest BCUT2D eigenvalue weighted by Crippen LogP contribution is 2.20. The smallest absolute Gasteiger partial charge is 0.228 e. The highest BCUT2D eigenvalue weighted by atomic mass is 32.2. The van der Waals surface area contributed by atoms with Crippen LogP contribution >= 0.6 is 23.1 Å². The van der Waals surface area contributed by atoms with Crippen LogP contribution in [0.2, 0.25) is 0 Å². The van der Waals surface area contributed by atoms with E-state index in [1.807, 2.05) is 23.2 Å². The van der Waals surface area contributed by atoms with Crippen LogP contribution < -0.4 is 0 Å². The molecular formula is C16H24N2O2S2. The minimum atomic E-state index is 0.295. The van der Waals surface area contributed by atoms with Gasteiger partial charge in [0.1, 0.15) is 0 Å². The molecule has 22 heavy (non-hydrogen) atoms. The monoisotopic (exact) mass is 340 g/mol. The van der Waals surface area contributed by atoms with Crippen molar-refractivity contribution in [3.05, 3.63) is 22.4 Å². The number of ether oxygens (including phenoxy) is 1. The van der Waals surface area contributed by atoms with Gasteiger partial charge in [0.2, 0.25) is 5.91 Å². The molecule has 6 heteroatoms. The van der Waals surface area contributed by atoms with Crippen LogP contribution in [0, 0.1) is 0 Å². The number of rotatable bonds is 4. The molecule has 0 bridgehead atoms. The molecule has 0 saturated carbocycles. The molecule has 1 atom stereocenters. The third kappa shape index (κ3) is 4.47. The summed E-state index contributed by atoms with van der Waals surface area (Å²) in [6.45, 7) is 5.53. The zero-order chi connectivity index (χ0) is 15.2. The highest BCUT2D eigenvalue weighted by molar-refractivity contribution is 7.99. The number of thioether (sulfide) groups is 1. The number of hydrogen-bond acceptors (Lipinski definition) is 5. The standard InChI is InChI=1S/C16H24N2O2S2/c19-16(11-15-3-1-10-22-15)18-4-2-9-21-13-14(18)12-17-5-7-20-8-6-17/h1,3,10,14H,2,4-9,11-13H2. The van der Waals surface area contributed by atoms with Crippen molar-refractivity contribution < 1.29 is 9.53 Å². The highest BCUT2D eigenvalue weighted by Gasteiger charge is 2.28. The maximum atomic E-state index is 12.8. The van der Waals surface area contributed by atoms with Gasteiger partial charge < -0.3 is 9.64 Å². The van der Waals surface area contributed by atoms with Crippen molar-refractivity contribution in [1.29, 1.82) is 0 Å². The molecular weight excluding hydrogens is 316 g/mol. The third-order valence-electron chi connectivity index (χ3n) is 4.24. The van der Waals surface area contributed by atoms with Crippen LogP contribution in [0.5, 0.6) is 0 Å². The van der Waals surface area contributed by atoms with Gasteiger partial charge in [0.15, 0.2) is 0 Å². The van der Waals surface area contributed by atoms with Crippen molar-refractivity contribution in [3.63, 3.8) is 0 Å². The Hall–Kier alpha value is -0.560. The molecule has 0 aliphatic carbocycles. The first kappa shape index (κ1) is 16.3. The van der Waals surface area contributed by atoms with E-state index < -0.39 is 0 Å². The zero-order valence-corrected chi connectivity index (χ0v) is 14.5. The molecule has 1 aromatic rings. The second-order valence-electron chi connectivity index (χ2n) is 5.84. The second kappa shape index (κ2) is 8.34. The Labute approximate surface area is 140 Å². The van der Waals surface area contributed by atoms with Crippen LogP contribution in [0.15, 0.2) is 17.5 Å². The Morgan fingerprint density at radius 2 is 2.18 bits per heavy atom. The normalized spacial score (nSPS) is 24.2. The summed E-state index contributed by atoms with van der Waals surface area (Å²) in [7, 11) is 0. The summed E-state index contributed by atoms with van der Waals surface area (Å²) in [5.74, 6) is 2.53. The van der Waals surface area contributed by atoms with Crippen LogP contribution in [0.4, 0.5) is 0 Å². The lowest BCUT2D eigenvalue weighted by molar-refractivity contribution is -0.132. The molecule has 3 heterocycles. The van der Waals surface area contributed by atoms with Gasteiger partial charge in [0.05, 0.1) is 25.7 Å². The number of hydrogen-bond donors (Lipinski definition) is 0. The maximum Gasteiger partial charge on any atom is 0.228 e. The van der Waals surface area contributed by atoms with Crippen LogP contribution in [0.25, 0.3) is 0 Å². The first-order chi connectivity index (χ1) is 10.8. The molecule has 1 amide bonds. The van der Waals surface area contributed by atoms with Crippen LogP contribution in [-0.2, 0) is 16.0 Å². The number of morpholine rings is 1. The molecule has 4 nitrogen and oxygen atoms in total. The van der Waals surface area contributed by atoms with Crippen LogP contribution in [0.1, 0.15) is 11.3 Å². The van der Waals surface area contributed by atoms with Gasteiger partial charge in [-0.25, -0.2) is 0 Å². The van der Waals surface area contributed by atoms with E-state index in [0.717, 1.165) is 51.6 Å². The molecule has 2 aliphatic rings. The molecule has 0 N–H and O–H groups in total. The lowest BCUT2D eigenvalue weighted by Gasteiger charge is -2.35. The quantitative estimate of drug-likeness (QED) is 0.839. The Balaban J connectivity index is 1.62. The number of amides is 1. The zero-order valence-electron chi connectivity index (χ0n) is 12.9. The summed E-state index contributed by atoms with van der Waals surface area (Å²) in [6, 6.07) is 4.43. The van der Waals surface area contributed by atoms with Gasteiger partial charge in [-0.2, -0.15) is 11.8 Å². The Bertz CT molecular complexity index is 461. The Kier molecular flexibility index (Phi) is 6.18. The topological polar surface area (TPSA) is 32.8 Å². The number of carbonyl (C=O) groups is 1. The average Bonchev–Trinajstić information content (AvgIpc) is 2.93. The first-order valence-electron chi connectivity index (χ1n) is 8.02. The van der Waals surface area contributed by atoms with Gasteiger partial charge in [-0.1, -0.05) is 6.07 Å². The summed E-state index contributed by atoms with van der Waals surface area (Å²) in [4.78, 5) is 18.5. The lowest BCUT2D eigenvalue weighted by Crippen LogP contribution is -2.50. The SMILES string of the molecule is O=C(Cc1cccs1)N1CCCSCC1CN1CCOCC1. The summed E-state index contributed by atoms with van der Waals surface area (Å²) in [5, 5.41) is 2.05. The van der Waals surface area contributed by atoms with Gasteiger partial charge in [-0.15, -0.1) is 11.3 Å². The molecule has 0 spiro atoms. The van der Waals surface area contributed by atoms with E-state index in [1.165, 1.54) is 10.6 Å². The van der Waals surface area contributed by atoms with Gasteiger partial charge in [0.25, 0.3) is 0 Å². The number of nitrogens with zero attached hydrogens (tertiary/aromatic N) is 2. The molecule has 0 radical (unpaired) electrons. The predicted octanol–water partition coefficient (Wildman–Crippen LogP) is 1.96. The third-order valence-corrected chi connectivity index (χ3v) is 6.31. The second-order valence-corrected chi connectivity index (χ2v) is 8.02. The fraction of sp³-hybridized carbons (Fsp3) is 0.688. The largest absolute Gasteiger partial charge is 0.379 e. The summed E-state index contributed by atoms with van der Waals surface area (Å²) in [6.07, 6.45) is 1.67. The molecule has 1 unspecified atom stereocenters. The van der Waals surface area contributed by atoms with Crippen molar-refractivity contribution in [1.82, 2.24) is 9.80 Å². The van der Waals surface area contributed by atoms with Crippen molar-refractivity contribution in [2.24, 2.45) is 0 Å². The molecule has 122 valence electrons. The van der Waals surface area contributed by atoms with Gasteiger partial charge in [0, 0.05) is 36.8 Å². The molecule has 2 saturated heterocycles. The average molecular weight is 341 g/mol. The van der Waals surface area contributed by atoms with E-state index >= 15 is 0 Å². The minimum Gasteiger partial charge on any atom is -0.379 e. The fourth-order valence-corrected chi connectivity index (χ4v) is 4.81. The van der Waals surface area contributed by atoms with Crippen molar-refractivity contribution >= 4 is 29.0 Å². The Morgan fingerprint density at radius 3 is 2.95 bits per heavy atom. The molecule has 2 aliphatic heterocycles. The van der Waals surface area contributed by atoms with E-state index in [9.17, 15) is 4.79 Å². The van der Waals surface area contributed by atoms with Crippen molar-refractivity contribution in [2.45, 2.75) is 18.9 Å². The van der Waals surface area contributed by atoms with Gasteiger partial charge >= 0.3 is 0 Å². The summed E-state index contributed by atoms with van der Waals surface area (Å²) in [5.41, 5.74) is 0. The molecule has 1 aromatic heterocycles. The number of carbonyl (C=O) groups excluding carboxylic acids is 1. The molecule has 0 aromatic carbocycles. The predicted molar refractivity (Wildman–Crippen MR) is 92.7 cm³/mol. The Morgan fingerprint density at radius 1 is 1.32 bits per heavy atom. The molecule has 2 fully saturated rings. The summed E-state index contributed by atoms with van der Waals surface area (Å²) >= 11 is 3.67. The van der Waals surface area contributed by atoms with E-state index in [-0.39, 0.29) is 0 Å². The lowest BCUT2D eigenvalue weighted by atomic mass is 10.2. The first-order valence-corrected chi connectivity index (χ1v) is 10.1.